The molecule has 1 aromatic carbocycles. The molecule has 0 unspecified atom stereocenters. The van der Waals surface area contributed by atoms with Crippen LogP contribution in [-0.2, 0) is 6.42 Å². The van der Waals surface area contributed by atoms with Crippen LogP contribution in [0.25, 0.3) is 0 Å². The first-order valence-electron chi connectivity index (χ1n) is 6.65. The van der Waals surface area contributed by atoms with E-state index in [-0.39, 0.29) is 12.1 Å². The molecule has 2 nitrogen and oxygen atoms in total. The summed E-state index contributed by atoms with van der Waals surface area (Å²) in [7, 11) is 0. The first kappa shape index (κ1) is 13.2. The number of nitrogens with one attached hydrogen (secondary N) is 1. The Morgan fingerprint density at radius 1 is 1.33 bits per heavy atom. The van der Waals surface area contributed by atoms with Gasteiger partial charge in [0.05, 0.1) is 6.10 Å². The number of hydrogen-bond donors (Lipinski definition) is 2. The maximum absolute atomic E-state index is 10.1. The van der Waals surface area contributed by atoms with Crippen LogP contribution in [0.5, 0.6) is 0 Å². The van der Waals surface area contributed by atoms with Crippen LogP contribution < -0.4 is 5.32 Å². The van der Waals surface area contributed by atoms with Crippen LogP contribution in [0.3, 0.4) is 0 Å². The minimum Gasteiger partial charge on any atom is -0.393 e. The number of aryl methyl sites for hydroxylation is 2. The molecular formula is C16H23NO. The van der Waals surface area contributed by atoms with Crippen molar-refractivity contribution in [1.82, 2.24) is 0 Å². The van der Waals surface area contributed by atoms with Gasteiger partial charge in [0.1, 0.15) is 0 Å². The van der Waals surface area contributed by atoms with E-state index >= 15 is 0 Å². The van der Waals surface area contributed by atoms with Gasteiger partial charge < -0.3 is 10.4 Å². The lowest BCUT2D eigenvalue weighted by Gasteiger charge is -2.17. The Labute approximate surface area is 110 Å². The van der Waals surface area contributed by atoms with Crippen LogP contribution in [0, 0.1) is 13.8 Å². The highest BCUT2D eigenvalue weighted by Crippen LogP contribution is 2.29. The zero-order valence-corrected chi connectivity index (χ0v) is 11.7. The van der Waals surface area contributed by atoms with Crippen molar-refractivity contribution in [3.05, 3.63) is 40.5 Å². The maximum atomic E-state index is 10.1. The van der Waals surface area contributed by atoms with Gasteiger partial charge in [-0.05, 0) is 56.9 Å². The summed E-state index contributed by atoms with van der Waals surface area (Å²) < 4.78 is 0. The average molecular weight is 245 g/mol. The Morgan fingerprint density at radius 3 is 2.72 bits per heavy atom. The van der Waals surface area contributed by atoms with E-state index < -0.39 is 0 Å². The molecule has 1 aliphatic heterocycles. The number of aliphatic hydroxyl groups excluding tert-OH is 1. The van der Waals surface area contributed by atoms with E-state index in [1.54, 1.807) is 0 Å². The highest BCUT2D eigenvalue weighted by molar-refractivity contribution is 5.58. The molecule has 0 aromatic heterocycles. The van der Waals surface area contributed by atoms with E-state index in [2.05, 4.69) is 51.2 Å². The van der Waals surface area contributed by atoms with E-state index in [0.29, 0.717) is 0 Å². The van der Waals surface area contributed by atoms with E-state index in [9.17, 15) is 5.11 Å². The third-order valence-electron chi connectivity index (χ3n) is 3.46. The molecule has 0 saturated carbocycles. The minimum atomic E-state index is -0.263. The molecule has 0 radical (unpaired) electrons. The Hall–Kier alpha value is -1.28. The minimum absolute atomic E-state index is 0.229. The number of fused-ring (bicyclic) bond motifs is 1. The molecule has 2 N–H and O–H groups in total. The Kier molecular flexibility index (Phi) is 3.76. The number of benzene rings is 1. The molecule has 0 spiro atoms. The van der Waals surface area contributed by atoms with Crippen LogP contribution >= 0.6 is 0 Å². The van der Waals surface area contributed by atoms with E-state index in [0.717, 1.165) is 12.8 Å². The molecule has 0 bridgehead atoms. The van der Waals surface area contributed by atoms with Crippen LogP contribution in [0.15, 0.2) is 23.8 Å². The maximum Gasteiger partial charge on any atom is 0.0604 e. The zero-order valence-electron chi connectivity index (χ0n) is 11.7. The smallest absolute Gasteiger partial charge is 0.0604 e. The van der Waals surface area contributed by atoms with Crippen LogP contribution in [0.4, 0.5) is 5.69 Å². The molecule has 1 aromatic rings. The van der Waals surface area contributed by atoms with Crippen molar-refractivity contribution >= 4 is 5.69 Å². The second-order valence-corrected chi connectivity index (χ2v) is 5.70. The van der Waals surface area contributed by atoms with E-state index in [1.165, 1.54) is 28.0 Å². The van der Waals surface area contributed by atoms with E-state index in [1.807, 2.05) is 0 Å². The third-order valence-corrected chi connectivity index (χ3v) is 3.46. The van der Waals surface area contributed by atoms with Crippen molar-refractivity contribution in [3.63, 3.8) is 0 Å². The lowest BCUT2D eigenvalue weighted by molar-refractivity contribution is 0.165. The van der Waals surface area contributed by atoms with Crippen molar-refractivity contribution in [2.75, 3.05) is 5.32 Å². The fourth-order valence-corrected chi connectivity index (χ4v) is 2.78. The van der Waals surface area contributed by atoms with Crippen LogP contribution in [0.2, 0.25) is 0 Å². The van der Waals surface area contributed by atoms with Gasteiger partial charge in [-0.2, -0.15) is 0 Å². The van der Waals surface area contributed by atoms with Crippen molar-refractivity contribution in [3.8, 4) is 0 Å². The first-order chi connectivity index (χ1) is 8.45. The van der Waals surface area contributed by atoms with Gasteiger partial charge in [-0.25, -0.2) is 0 Å². The summed E-state index contributed by atoms with van der Waals surface area (Å²) in [6, 6.07) is 4.60. The lowest BCUT2D eigenvalue weighted by Crippen LogP contribution is -2.21. The number of hydrogen-bond acceptors (Lipinski definition) is 2. The van der Waals surface area contributed by atoms with Gasteiger partial charge in [-0.15, -0.1) is 0 Å². The number of rotatable bonds is 1. The first-order valence-corrected chi connectivity index (χ1v) is 6.65. The molecule has 0 saturated heterocycles. The summed E-state index contributed by atoms with van der Waals surface area (Å²) in [6.45, 7) is 8.44. The summed E-state index contributed by atoms with van der Waals surface area (Å²) in [5.74, 6) is 0. The monoisotopic (exact) mass is 245 g/mol. The quantitative estimate of drug-likeness (QED) is 0.744. The van der Waals surface area contributed by atoms with Crippen molar-refractivity contribution in [2.24, 2.45) is 0 Å². The fraction of sp³-hybridized carbons (Fsp3) is 0.500. The number of anilines is 1. The Morgan fingerprint density at radius 2 is 2.06 bits per heavy atom. The molecule has 2 rings (SSSR count). The summed E-state index contributed by atoms with van der Waals surface area (Å²) >= 11 is 0. The molecular weight excluding hydrogens is 222 g/mol. The highest BCUT2D eigenvalue weighted by atomic mass is 16.3. The van der Waals surface area contributed by atoms with Crippen molar-refractivity contribution in [1.29, 1.82) is 0 Å². The molecule has 2 atom stereocenters. The van der Waals surface area contributed by atoms with Gasteiger partial charge >= 0.3 is 0 Å². The second kappa shape index (κ2) is 5.15. The summed E-state index contributed by atoms with van der Waals surface area (Å²) in [5.41, 5.74) is 6.28. The molecule has 0 fully saturated rings. The fourth-order valence-electron chi connectivity index (χ4n) is 2.78. The predicted molar refractivity (Wildman–Crippen MR) is 77.1 cm³/mol. The highest BCUT2D eigenvalue weighted by Gasteiger charge is 2.21. The topological polar surface area (TPSA) is 32.3 Å². The largest absolute Gasteiger partial charge is 0.393 e. The van der Waals surface area contributed by atoms with Crippen molar-refractivity contribution < 1.29 is 5.11 Å². The SMILES string of the molecule is CC(C)=C[C@@H]1C[C@H](O)Cc2c(C)cc(C)cc2N1. The normalized spacial score (nSPS) is 22.7. The average Bonchev–Trinajstić information content (AvgIpc) is 2.35. The molecule has 98 valence electrons. The van der Waals surface area contributed by atoms with Gasteiger partial charge in [0, 0.05) is 18.2 Å². The standard InChI is InChI=1S/C16H23NO/c1-10(2)5-13-8-14(18)9-15-12(4)6-11(3)7-16(15)17-13/h5-7,13-14,17-18H,8-9H2,1-4H3/t13-,14+/m1/s1. The van der Waals surface area contributed by atoms with Gasteiger partial charge in [-0.1, -0.05) is 17.7 Å². The summed E-state index contributed by atoms with van der Waals surface area (Å²) in [6.07, 6.45) is 3.47. The molecule has 0 aliphatic carbocycles. The molecule has 1 heterocycles. The third kappa shape index (κ3) is 2.94. The Bertz CT molecular complexity index is 472. The van der Waals surface area contributed by atoms with Gasteiger partial charge in [0.2, 0.25) is 0 Å². The van der Waals surface area contributed by atoms with Gasteiger partial charge in [0.15, 0.2) is 0 Å². The Balaban J connectivity index is 2.40. The summed E-state index contributed by atoms with van der Waals surface area (Å²) in [5, 5.41) is 13.7. The van der Waals surface area contributed by atoms with Gasteiger partial charge in [0.25, 0.3) is 0 Å². The van der Waals surface area contributed by atoms with E-state index in [4.69, 9.17) is 0 Å². The zero-order chi connectivity index (χ0) is 13.3. The summed E-state index contributed by atoms with van der Waals surface area (Å²) in [4.78, 5) is 0. The van der Waals surface area contributed by atoms with Crippen molar-refractivity contribution in [2.45, 2.75) is 52.7 Å². The molecule has 2 heteroatoms. The number of aliphatic hydroxyl groups is 1. The predicted octanol–water partition coefficient (Wildman–Crippen LogP) is 3.36. The lowest BCUT2D eigenvalue weighted by atomic mass is 9.98. The molecule has 0 amide bonds. The van der Waals surface area contributed by atoms with Crippen LogP contribution in [-0.4, -0.2) is 17.3 Å². The number of allylic oxidation sites excluding steroid dienone is 1. The molecule has 18 heavy (non-hydrogen) atoms. The van der Waals surface area contributed by atoms with Gasteiger partial charge in [-0.3, -0.25) is 0 Å². The molecule has 1 aliphatic rings. The van der Waals surface area contributed by atoms with Crippen LogP contribution in [0.1, 0.15) is 37.0 Å². The second-order valence-electron chi connectivity index (χ2n) is 5.70.